The summed E-state index contributed by atoms with van der Waals surface area (Å²) >= 11 is 6.03. The molecule has 0 bridgehead atoms. The molecule has 1 saturated heterocycles. The lowest BCUT2D eigenvalue weighted by Gasteiger charge is -2.28. The highest BCUT2D eigenvalue weighted by atomic mass is 35.5. The minimum absolute atomic E-state index is 0.0898. The van der Waals surface area contributed by atoms with Crippen molar-refractivity contribution in [3.05, 3.63) is 70.3 Å². The van der Waals surface area contributed by atoms with E-state index >= 15 is 0 Å². The van der Waals surface area contributed by atoms with Gasteiger partial charge in [0.1, 0.15) is 11.6 Å². The van der Waals surface area contributed by atoms with Crippen LogP contribution in [0.1, 0.15) is 70.3 Å². The van der Waals surface area contributed by atoms with Crippen LogP contribution in [-0.4, -0.2) is 44.9 Å². The standard InChI is InChI=1S/C33H41ClN6O2/c1-21(2)16-25(18-35)31(42)39-15-7-8-27(39)20-40-29-14-9-23(19-36-22(3)33(4,5)6)17-28(29)37-32(40)38-30(41)24-10-12-26(34)13-11-24/h9-14,16-17,21-22,27,36H,7-8,15,19-20H2,1-6H3,(H,37,38,41)/b25-16+/t22-,27?/m0/s1. The molecule has 0 aliphatic carbocycles. The van der Waals surface area contributed by atoms with Crippen LogP contribution in [0.15, 0.2) is 54.1 Å². The van der Waals surface area contributed by atoms with Crippen molar-refractivity contribution in [1.29, 1.82) is 5.26 Å². The van der Waals surface area contributed by atoms with E-state index < -0.39 is 0 Å². The van der Waals surface area contributed by atoms with Crippen LogP contribution in [0.3, 0.4) is 0 Å². The number of nitrogens with zero attached hydrogens (tertiary/aromatic N) is 4. The quantitative estimate of drug-likeness (QED) is 0.217. The third-order valence-corrected chi connectivity index (χ3v) is 8.19. The van der Waals surface area contributed by atoms with Crippen molar-refractivity contribution in [1.82, 2.24) is 19.8 Å². The monoisotopic (exact) mass is 588 g/mol. The van der Waals surface area contributed by atoms with Gasteiger partial charge in [0.05, 0.1) is 17.1 Å². The largest absolute Gasteiger partial charge is 0.333 e. The number of hydrogen-bond acceptors (Lipinski definition) is 5. The predicted octanol–water partition coefficient (Wildman–Crippen LogP) is 6.56. The summed E-state index contributed by atoms with van der Waals surface area (Å²) in [4.78, 5) is 33.2. The first kappa shape index (κ1) is 31.3. The predicted molar refractivity (Wildman–Crippen MR) is 168 cm³/mol. The molecule has 222 valence electrons. The van der Waals surface area contributed by atoms with Gasteiger partial charge in [-0.05, 0) is 73.1 Å². The number of anilines is 1. The average Bonchev–Trinajstić information content (AvgIpc) is 3.54. The molecule has 1 unspecified atom stereocenters. The third-order valence-electron chi connectivity index (χ3n) is 7.94. The van der Waals surface area contributed by atoms with Gasteiger partial charge in [-0.15, -0.1) is 0 Å². The van der Waals surface area contributed by atoms with Crippen molar-refractivity contribution >= 4 is 40.4 Å². The molecule has 42 heavy (non-hydrogen) atoms. The Morgan fingerprint density at radius 2 is 1.88 bits per heavy atom. The van der Waals surface area contributed by atoms with E-state index in [1.807, 2.05) is 30.5 Å². The highest BCUT2D eigenvalue weighted by Gasteiger charge is 2.32. The molecular formula is C33H41ClN6O2. The van der Waals surface area contributed by atoms with Crippen molar-refractivity contribution in [2.45, 2.75) is 79.6 Å². The molecule has 2 N–H and O–H groups in total. The fourth-order valence-corrected chi connectivity index (χ4v) is 5.19. The van der Waals surface area contributed by atoms with E-state index in [0.29, 0.717) is 42.2 Å². The van der Waals surface area contributed by atoms with Crippen LogP contribution in [0, 0.1) is 22.7 Å². The molecule has 0 radical (unpaired) electrons. The van der Waals surface area contributed by atoms with Gasteiger partial charge in [0, 0.05) is 36.3 Å². The lowest BCUT2D eigenvalue weighted by atomic mass is 9.88. The van der Waals surface area contributed by atoms with Crippen LogP contribution in [-0.2, 0) is 17.9 Å². The Balaban J connectivity index is 1.66. The summed E-state index contributed by atoms with van der Waals surface area (Å²) in [7, 11) is 0. The molecule has 1 fully saturated rings. The third kappa shape index (κ3) is 7.39. The number of benzene rings is 2. The molecular weight excluding hydrogens is 548 g/mol. The van der Waals surface area contributed by atoms with Crippen LogP contribution >= 0.6 is 11.6 Å². The van der Waals surface area contributed by atoms with E-state index in [1.165, 1.54) is 0 Å². The number of aromatic nitrogens is 2. The van der Waals surface area contributed by atoms with Crippen molar-refractivity contribution in [2.24, 2.45) is 11.3 Å². The van der Waals surface area contributed by atoms with E-state index in [0.717, 1.165) is 29.4 Å². The first-order valence-corrected chi connectivity index (χ1v) is 15.0. The van der Waals surface area contributed by atoms with Gasteiger partial charge in [-0.2, -0.15) is 5.26 Å². The van der Waals surface area contributed by atoms with Gasteiger partial charge in [0.15, 0.2) is 0 Å². The van der Waals surface area contributed by atoms with Gasteiger partial charge in [-0.3, -0.25) is 14.9 Å². The van der Waals surface area contributed by atoms with Gasteiger partial charge >= 0.3 is 0 Å². The van der Waals surface area contributed by atoms with Crippen LogP contribution in [0.25, 0.3) is 11.0 Å². The second-order valence-electron chi connectivity index (χ2n) is 12.5. The second-order valence-corrected chi connectivity index (χ2v) is 13.0. The van der Waals surface area contributed by atoms with Gasteiger partial charge in [0.25, 0.3) is 11.8 Å². The SMILES string of the molecule is CC(C)/C=C(\C#N)C(=O)N1CCCC1Cn1c(NC(=O)c2ccc(Cl)cc2)nc2cc(CN[C@@H](C)C(C)(C)C)ccc21. The fraction of sp³-hybridized carbons (Fsp3) is 0.455. The zero-order valence-electron chi connectivity index (χ0n) is 25.4. The Bertz CT molecular complexity index is 1510. The van der Waals surface area contributed by atoms with Crippen molar-refractivity contribution in [3.8, 4) is 6.07 Å². The lowest BCUT2D eigenvalue weighted by Crippen LogP contribution is -2.39. The van der Waals surface area contributed by atoms with Gasteiger partial charge < -0.3 is 14.8 Å². The molecule has 1 aliphatic rings. The molecule has 3 aromatic rings. The maximum atomic E-state index is 13.4. The lowest BCUT2D eigenvalue weighted by molar-refractivity contribution is -0.127. The van der Waals surface area contributed by atoms with E-state index in [2.05, 4.69) is 50.5 Å². The van der Waals surface area contributed by atoms with Crippen molar-refractivity contribution in [2.75, 3.05) is 11.9 Å². The summed E-state index contributed by atoms with van der Waals surface area (Å²) < 4.78 is 1.98. The zero-order valence-corrected chi connectivity index (χ0v) is 26.1. The Morgan fingerprint density at radius 3 is 2.52 bits per heavy atom. The maximum Gasteiger partial charge on any atom is 0.264 e. The summed E-state index contributed by atoms with van der Waals surface area (Å²) in [5.74, 6) is -0.0380. The summed E-state index contributed by atoms with van der Waals surface area (Å²) in [5.41, 5.74) is 3.49. The van der Waals surface area contributed by atoms with E-state index in [-0.39, 0.29) is 34.8 Å². The zero-order chi connectivity index (χ0) is 30.6. The van der Waals surface area contributed by atoms with E-state index in [1.54, 1.807) is 35.2 Å². The number of likely N-dealkylation sites (tertiary alicyclic amines) is 1. The Kier molecular flexibility index (Phi) is 9.75. The van der Waals surface area contributed by atoms with Crippen LogP contribution < -0.4 is 10.6 Å². The molecule has 2 aromatic carbocycles. The molecule has 1 aromatic heterocycles. The summed E-state index contributed by atoms with van der Waals surface area (Å²) in [6.07, 6.45) is 3.36. The molecule has 1 aliphatic heterocycles. The van der Waals surface area contributed by atoms with Crippen LogP contribution in [0.2, 0.25) is 5.02 Å². The number of hydrogen-bond donors (Lipinski definition) is 2. The van der Waals surface area contributed by atoms with E-state index in [4.69, 9.17) is 16.6 Å². The Hall–Kier alpha value is -3.67. The molecule has 4 rings (SSSR count). The smallest absolute Gasteiger partial charge is 0.264 e. The fourth-order valence-electron chi connectivity index (χ4n) is 5.07. The Labute approximate surface area is 253 Å². The summed E-state index contributed by atoms with van der Waals surface area (Å²) in [5, 5.41) is 16.8. The molecule has 2 atom stereocenters. The number of rotatable bonds is 9. The minimum Gasteiger partial charge on any atom is -0.333 e. The molecule has 0 spiro atoms. The molecule has 2 amide bonds. The number of allylic oxidation sites excluding steroid dienone is 1. The Morgan fingerprint density at radius 1 is 1.17 bits per heavy atom. The number of nitriles is 1. The summed E-state index contributed by atoms with van der Waals surface area (Å²) in [6.45, 7) is 14.4. The number of halogens is 1. The number of fused-ring (bicyclic) bond motifs is 1. The van der Waals surface area contributed by atoms with Gasteiger partial charge in [0.2, 0.25) is 5.95 Å². The number of imidazole rings is 1. The normalized spacial score (nSPS) is 16.6. The molecule has 0 saturated carbocycles. The minimum atomic E-state index is -0.296. The second kappa shape index (κ2) is 13.1. The van der Waals surface area contributed by atoms with Crippen LogP contribution in [0.4, 0.5) is 5.95 Å². The number of carbonyl (C=O) groups is 2. The number of nitrogens with one attached hydrogen (secondary N) is 2. The molecule has 9 heteroatoms. The molecule has 2 heterocycles. The number of carbonyl (C=O) groups excluding carboxylic acids is 2. The van der Waals surface area contributed by atoms with Crippen molar-refractivity contribution < 1.29 is 9.59 Å². The van der Waals surface area contributed by atoms with Crippen molar-refractivity contribution in [3.63, 3.8) is 0 Å². The average molecular weight is 589 g/mol. The topological polar surface area (TPSA) is 103 Å². The number of amides is 2. The first-order valence-electron chi connectivity index (χ1n) is 14.6. The maximum absolute atomic E-state index is 13.4. The van der Waals surface area contributed by atoms with E-state index in [9.17, 15) is 14.9 Å². The first-order chi connectivity index (χ1) is 19.9. The highest BCUT2D eigenvalue weighted by molar-refractivity contribution is 6.30. The van der Waals surface area contributed by atoms with Gasteiger partial charge in [-0.1, -0.05) is 58.4 Å². The van der Waals surface area contributed by atoms with Gasteiger partial charge in [-0.25, -0.2) is 4.98 Å². The molecule has 8 nitrogen and oxygen atoms in total. The summed E-state index contributed by atoms with van der Waals surface area (Å²) in [6, 6.07) is 15.1. The highest BCUT2D eigenvalue weighted by Crippen LogP contribution is 2.28. The van der Waals surface area contributed by atoms with Crippen LogP contribution in [0.5, 0.6) is 0 Å².